The molecule has 0 N–H and O–H groups in total. The van der Waals surface area contributed by atoms with Gasteiger partial charge in [0.1, 0.15) is 12.4 Å². The van der Waals surface area contributed by atoms with E-state index in [1.54, 1.807) is 11.8 Å². The Morgan fingerprint density at radius 2 is 1.68 bits per heavy atom. The summed E-state index contributed by atoms with van der Waals surface area (Å²) in [6.07, 6.45) is 0. The summed E-state index contributed by atoms with van der Waals surface area (Å²) in [7, 11) is 0. The van der Waals surface area contributed by atoms with Crippen LogP contribution in [0.25, 0.3) is 11.0 Å². The molecular formula is C25H24ClN3OS. The van der Waals surface area contributed by atoms with Crippen LogP contribution in [0.4, 0.5) is 5.69 Å². The second-order valence-corrected chi connectivity index (χ2v) is 9.02. The molecule has 0 bridgehead atoms. The SMILES string of the molecule is CC(C)N(C(=O)Cn1c(CSc2ccc(Cl)cc2)nc2ccccc21)c1ccccc1. The van der Waals surface area contributed by atoms with Gasteiger partial charge < -0.3 is 9.47 Å². The second-order valence-electron chi connectivity index (χ2n) is 7.54. The molecule has 0 aliphatic carbocycles. The fourth-order valence-electron chi connectivity index (χ4n) is 3.62. The number of fused-ring (bicyclic) bond motifs is 1. The van der Waals surface area contributed by atoms with E-state index >= 15 is 0 Å². The van der Waals surface area contributed by atoms with Crippen molar-refractivity contribution < 1.29 is 4.79 Å². The molecule has 1 heterocycles. The fourth-order valence-corrected chi connectivity index (χ4v) is 4.59. The number of para-hydroxylation sites is 3. The van der Waals surface area contributed by atoms with Crippen molar-refractivity contribution in [2.45, 2.75) is 37.1 Å². The van der Waals surface area contributed by atoms with Gasteiger partial charge in [0.2, 0.25) is 5.91 Å². The minimum atomic E-state index is 0.0436. The maximum atomic E-state index is 13.4. The Morgan fingerprint density at radius 3 is 2.39 bits per heavy atom. The largest absolute Gasteiger partial charge is 0.318 e. The van der Waals surface area contributed by atoms with Crippen LogP contribution in [0.15, 0.2) is 83.8 Å². The van der Waals surface area contributed by atoms with Crippen LogP contribution in [-0.2, 0) is 17.1 Å². The minimum Gasteiger partial charge on any atom is -0.318 e. The van der Waals surface area contributed by atoms with E-state index in [9.17, 15) is 4.79 Å². The average Bonchev–Trinajstić information content (AvgIpc) is 3.11. The van der Waals surface area contributed by atoms with Crippen LogP contribution >= 0.6 is 23.4 Å². The molecule has 0 saturated heterocycles. The fraction of sp³-hybridized carbons (Fsp3) is 0.200. The average molecular weight is 450 g/mol. The molecule has 4 aromatic rings. The van der Waals surface area contributed by atoms with Gasteiger partial charge in [-0.25, -0.2) is 4.98 Å². The topological polar surface area (TPSA) is 38.1 Å². The molecule has 0 radical (unpaired) electrons. The highest BCUT2D eigenvalue weighted by atomic mass is 35.5. The maximum Gasteiger partial charge on any atom is 0.247 e. The van der Waals surface area contributed by atoms with Crippen molar-refractivity contribution in [1.29, 1.82) is 0 Å². The summed E-state index contributed by atoms with van der Waals surface area (Å²) in [6.45, 7) is 4.31. The van der Waals surface area contributed by atoms with Crippen LogP contribution in [0.1, 0.15) is 19.7 Å². The predicted molar refractivity (Wildman–Crippen MR) is 130 cm³/mol. The van der Waals surface area contributed by atoms with Gasteiger partial charge in [-0.3, -0.25) is 4.79 Å². The van der Waals surface area contributed by atoms with Gasteiger partial charge in [-0.15, -0.1) is 11.8 Å². The Morgan fingerprint density at radius 1 is 1.00 bits per heavy atom. The zero-order valence-corrected chi connectivity index (χ0v) is 19.1. The Labute approximate surface area is 191 Å². The normalized spacial score (nSPS) is 11.2. The summed E-state index contributed by atoms with van der Waals surface area (Å²) in [4.78, 5) is 21.2. The third-order valence-corrected chi connectivity index (χ3v) is 6.29. The number of imidazole rings is 1. The number of rotatable bonds is 7. The summed E-state index contributed by atoms with van der Waals surface area (Å²) >= 11 is 7.69. The molecular weight excluding hydrogens is 426 g/mol. The van der Waals surface area contributed by atoms with E-state index in [2.05, 4.69) is 0 Å². The molecule has 1 aromatic heterocycles. The summed E-state index contributed by atoms with van der Waals surface area (Å²) in [5, 5.41) is 0.719. The van der Waals surface area contributed by atoms with Gasteiger partial charge in [-0.1, -0.05) is 41.9 Å². The van der Waals surface area contributed by atoms with Gasteiger partial charge in [0.05, 0.1) is 16.8 Å². The predicted octanol–water partition coefficient (Wildman–Crippen LogP) is 6.42. The molecule has 4 nitrogen and oxygen atoms in total. The lowest BCUT2D eigenvalue weighted by Gasteiger charge is -2.27. The van der Waals surface area contributed by atoms with Crippen molar-refractivity contribution in [3.05, 3.63) is 89.7 Å². The van der Waals surface area contributed by atoms with E-state index in [1.165, 1.54) is 0 Å². The van der Waals surface area contributed by atoms with Crippen molar-refractivity contribution in [3.8, 4) is 0 Å². The number of nitrogens with zero attached hydrogens (tertiary/aromatic N) is 3. The lowest BCUT2D eigenvalue weighted by molar-refractivity contribution is -0.119. The first-order chi connectivity index (χ1) is 15.0. The number of benzene rings is 3. The molecule has 6 heteroatoms. The van der Waals surface area contributed by atoms with Crippen molar-refractivity contribution in [1.82, 2.24) is 9.55 Å². The van der Waals surface area contributed by atoms with Gasteiger partial charge >= 0.3 is 0 Å². The van der Waals surface area contributed by atoms with E-state index in [1.807, 2.05) is 102 Å². The first-order valence-electron chi connectivity index (χ1n) is 10.2. The number of thioether (sulfide) groups is 1. The van der Waals surface area contributed by atoms with Crippen molar-refractivity contribution in [3.63, 3.8) is 0 Å². The zero-order chi connectivity index (χ0) is 21.8. The monoisotopic (exact) mass is 449 g/mol. The Kier molecular flexibility index (Phi) is 6.64. The molecule has 4 rings (SSSR count). The Hall–Kier alpha value is -2.76. The first kappa shape index (κ1) is 21.5. The van der Waals surface area contributed by atoms with Gasteiger partial charge in [0.25, 0.3) is 0 Å². The molecule has 1 amide bonds. The van der Waals surface area contributed by atoms with E-state index in [-0.39, 0.29) is 18.5 Å². The first-order valence-corrected chi connectivity index (χ1v) is 11.6. The maximum absolute atomic E-state index is 13.4. The van der Waals surface area contributed by atoms with E-state index in [0.717, 1.165) is 32.5 Å². The smallest absolute Gasteiger partial charge is 0.247 e. The lowest BCUT2D eigenvalue weighted by atomic mass is 10.2. The molecule has 0 unspecified atom stereocenters. The van der Waals surface area contributed by atoms with Crippen molar-refractivity contribution in [2.75, 3.05) is 4.90 Å². The van der Waals surface area contributed by atoms with Crippen molar-refractivity contribution >= 4 is 46.0 Å². The third-order valence-electron chi connectivity index (χ3n) is 5.03. The highest BCUT2D eigenvalue weighted by Crippen LogP contribution is 2.27. The number of hydrogen-bond donors (Lipinski definition) is 0. The highest BCUT2D eigenvalue weighted by Gasteiger charge is 2.22. The van der Waals surface area contributed by atoms with Crippen LogP contribution in [-0.4, -0.2) is 21.5 Å². The highest BCUT2D eigenvalue weighted by molar-refractivity contribution is 7.98. The molecule has 0 aliphatic rings. The minimum absolute atomic E-state index is 0.0436. The zero-order valence-electron chi connectivity index (χ0n) is 17.5. The molecule has 3 aromatic carbocycles. The van der Waals surface area contributed by atoms with Gasteiger partial charge in [-0.2, -0.15) is 0 Å². The third kappa shape index (κ3) is 4.94. The van der Waals surface area contributed by atoms with Gasteiger partial charge in [0, 0.05) is 21.6 Å². The summed E-state index contributed by atoms with van der Waals surface area (Å²) < 4.78 is 2.04. The Balaban J connectivity index is 1.63. The van der Waals surface area contributed by atoms with Gasteiger partial charge in [0.15, 0.2) is 0 Å². The molecule has 0 spiro atoms. The van der Waals surface area contributed by atoms with Crippen molar-refractivity contribution in [2.24, 2.45) is 0 Å². The standard InChI is InChI=1S/C25H24ClN3OS/c1-18(2)29(20-8-4-3-5-9-20)25(30)16-28-23-11-7-6-10-22(23)27-24(28)17-31-21-14-12-19(26)13-15-21/h3-15,18H,16-17H2,1-2H3. The quantitative estimate of drug-likeness (QED) is 0.305. The van der Waals surface area contributed by atoms with E-state index in [0.29, 0.717) is 5.75 Å². The van der Waals surface area contributed by atoms with Crippen LogP contribution in [0, 0.1) is 0 Å². The summed E-state index contributed by atoms with van der Waals surface area (Å²) in [6, 6.07) is 25.6. The molecule has 158 valence electrons. The molecule has 0 atom stereocenters. The van der Waals surface area contributed by atoms with E-state index in [4.69, 9.17) is 16.6 Å². The number of anilines is 1. The summed E-state index contributed by atoms with van der Waals surface area (Å²) in [5.74, 6) is 1.59. The van der Waals surface area contributed by atoms with Crippen LogP contribution in [0.2, 0.25) is 5.02 Å². The molecule has 0 aliphatic heterocycles. The van der Waals surface area contributed by atoms with E-state index < -0.39 is 0 Å². The second kappa shape index (κ2) is 9.58. The van der Waals surface area contributed by atoms with Crippen LogP contribution in [0.5, 0.6) is 0 Å². The van der Waals surface area contributed by atoms with Crippen LogP contribution in [0.3, 0.4) is 0 Å². The van der Waals surface area contributed by atoms with Gasteiger partial charge in [-0.05, 0) is 62.4 Å². The number of amides is 1. The van der Waals surface area contributed by atoms with Crippen LogP contribution < -0.4 is 4.90 Å². The Bertz CT molecular complexity index is 1170. The number of carbonyl (C=O) groups excluding carboxylic acids is 1. The number of hydrogen-bond acceptors (Lipinski definition) is 3. The number of carbonyl (C=O) groups is 1. The lowest BCUT2D eigenvalue weighted by Crippen LogP contribution is -2.39. The molecule has 31 heavy (non-hydrogen) atoms. The number of aromatic nitrogens is 2. The number of halogens is 1. The molecule has 0 saturated carbocycles. The molecule has 0 fully saturated rings. The summed E-state index contributed by atoms with van der Waals surface area (Å²) in [5.41, 5.74) is 2.78.